The number of nitrogens with one attached hydrogen (secondary N) is 1. The van der Waals surface area contributed by atoms with Gasteiger partial charge in [-0.3, -0.25) is 4.98 Å². The van der Waals surface area contributed by atoms with Crippen molar-refractivity contribution in [3.63, 3.8) is 0 Å². The van der Waals surface area contributed by atoms with E-state index in [-0.39, 0.29) is 0 Å². The molecular weight excluding hydrogens is 334 g/mol. The summed E-state index contributed by atoms with van der Waals surface area (Å²) in [5.74, 6) is 0.651. The number of benzene rings is 1. The van der Waals surface area contributed by atoms with Crippen molar-refractivity contribution >= 4 is 27.7 Å². The van der Waals surface area contributed by atoms with Crippen LogP contribution in [0.15, 0.2) is 51.2 Å². The third kappa shape index (κ3) is 4.89. The van der Waals surface area contributed by atoms with Crippen LogP contribution < -0.4 is 5.32 Å². The lowest BCUT2D eigenvalue weighted by atomic mass is 10.2. The summed E-state index contributed by atoms with van der Waals surface area (Å²) in [5.41, 5.74) is 1.27. The second-order valence-corrected chi connectivity index (χ2v) is 6.90. The van der Waals surface area contributed by atoms with Gasteiger partial charge >= 0.3 is 0 Å². The number of halogens is 1. The van der Waals surface area contributed by atoms with Crippen LogP contribution in [0, 0.1) is 5.92 Å². The van der Waals surface area contributed by atoms with E-state index >= 15 is 0 Å². The van der Waals surface area contributed by atoms with Crippen molar-refractivity contribution < 1.29 is 0 Å². The first-order chi connectivity index (χ1) is 9.65. The Labute approximate surface area is 132 Å². The van der Waals surface area contributed by atoms with Crippen LogP contribution in [0.25, 0.3) is 0 Å². The van der Waals surface area contributed by atoms with Crippen molar-refractivity contribution in [2.24, 2.45) is 5.92 Å². The summed E-state index contributed by atoms with van der Waals surface area (Å²) in [6, 6.07) is 6.34. The van der Waals surface area contributed by atoms with E-state index in [1.807, 2.05) is 0 Å². The van der Waals surface area contributed by atoms with Crippen LogP contribution in [-0.4, -0.2) is 16.5 Å². The maximum atomic E-state index is 4.31. The molecule has 0 fully saturated rings. The Morgan fingerprint density at radius 2 is 2.15 bits per heavy atom. The molecule has 0 radical (unpaired) electrons. The average Bonchev–Trinajstić information content (AvgIpc) is 2.42. The van der Waals surface area contributed by atoms with Crippen molar-refractivity contribution in [2.45, 2.75) is 30.3 Å². The van der Waals surface area contributed by atoms with Crippen LogP contribution in [0.4, 0.5) is 0 Å². The average molecular weight is 352 g/mol. The Kier molecular flexibility index (Phi) is 6.01. The van der Waals surface area contributed by atoms with E-state index in [1.165, 1.54) is 10.5 Å². The number of hydrogen-bond acceptors (Lipinski definition) is 4. The summed E-state index contributed by atoms with van der Waals surface area (Å²) in [6.07, 6.45) is 5.20. The van der Waals surface area contributed by atoms with Crippen LogP contribution in [0.5, 0.6) is 0 Å². The summed E-state index contributed by atoms with van der Waals surface area (Å²) in [7, 11) is 0. The molecule has 0 spiro atoms. The zero-order chi connectivity index (χ0) is 14.4. The third-order valence-electron chi connectivity index (χ3n) is 2.64. The van der Waals surface area contributed by atoms with Gasteiger partial charge in [-0.2, -0.15) is 0 Å². The van der Waals surface area contributed by atoms with Gasteiger partial charge in [0.1, 0.15) is 5.03 Å². The van der Waals surface area contributed by atoms with Gasteiger partial charge in [0.2, 0.25) is 0 Å². The van der Waals surface area contributed by atoms with Gasteiger partial charge in [-0.1, -0.05) is 41.5 Å². The molecule has 0 unspecified atom stereocenters. The molecule has 2 aromatic rings. The Hall–Kier alpha value is -0.910. The summed E-state index contributed by atoms with van der Waals surface area (Å²) < 4.78 is 1.10. The molecule has 5 heteroatoms. The largest absolute Gasteiger partial charge is 0.312 e. The maximum absolute atomic E-state index is 4.31. The van der Waals surface area contributed by atoms with Gasteiger partial charge < -0.3 is 5.32 Å². The molecule has 0 amide bonds. The lowest BCUT2D eigenvalue weighted by molar-refractivity contribution is 0.550. The standard InChI is InChI=1S/C15H18BrN3S/c1-11(2)8-18-9-12-7-13(16)3-4-14(12)20-15-10-17-5-6-19-15/h3-7,10-11,18H,8-9H2,1-2H3. The predicted molar refractivity (Wildman–Crippen MR) is 86.8 cm³/mol. The molecule has 0 aliphatic carbocycles. The Morgan fingerprint density at radius 3 is 2.85 bits per heavy atom. The fourth-order valence-corrected chi connectivity index (χ4v) is 2.99. The van der Waals surface area contributed by atoms with Crippen molar-refractivity contribution in [1.82, 2.24) is 15.3 Å². The molecule has 0 atom stereocenters. The van der Waals surface area contributed by atoms with E-state index < -0.39 is 0 Å². The van der Waals surface area contributed by atoms with Crippen molar-refractivity contribution in [3.05, 3.63) is 46.8 Å². The van der Waals surface area contributed by atoms with Crippen molar-refractivity contribution in [2.75, 3.05) is 6.54 Å². The van der Waals surface area contributed by atoms with Crippen LogP contribution >= 0.6 is 27.7 Å². The molecule has 1 aromatic heterocycles. The van der Waals surface area contributed by atoms with E-state index in [0.29, 0.717) is 5.92 Å². The highest BCUT2D eigenvalue weighted by Gasteiger charge is 2.06. The molecule has 0 aliphatic heterocycles. The minimum absolute atomic E-state index is 0.651. The molecule has 0 aliphatic rings. The Bertz CT molecular complexity index is 546. The third-order valence-corrected chi connectivity index (χ3v) is 4.18. The molecule has 1 heterocycles. The summed E-state index contributed by atoms with van der Waals surface area (Å²) in [5, 5.41) is 4.40. The fourth-order valence-electron chi connectivity index (χ4n) is 1.73. The Balaban J connectivity index is 2.11. The normalized spacial score (nSPS) is 11.0. The molecular formula is C15H18BrN3S. The van der Waals surface area contributed by atoms with Gasteiger partial charge in [-0.05, 0) is 36.2 Å². The zero-order valence-corrected chi connectivity index (χ0v) is 14.0. The minimum atomic E-state index is 0.651. The van der Waals surface area contributed by atoms with Crippen molar-refractivity contribution in [1.29, 1.82) is 0 Å². The maximum Gasteiger partial charge on any atom is 0.119 e. The van der Waals surface area contributed by atoms with Gasteiger partial charge in [-0.15, -0.1) is 0 Å². The summed E-state index contributed by atoms with van der Waals surface area (Å²) in [4.78, 5) is 9.63. The smallest absolute Gasteiger partial charge is 0.119 e. The molecule has 3 nitrogen and oxygen atoms in total. The van der Waals surface area contributed by atoms with E-state index in [2.05, 4.69) is 63.3 Å². The first-order valence-corrected chi connectivity index (χ1v) is 8.19. The summed E-state index contributed by atoms with van der Waals surface area (Å²) >= 11 is 5.18. The van der Waals surface area contributed by atoms with Crippen LogP contribution in [0.3, 0.4) is 0 Å². The monoisotopic (exact) mass is 351 g/mol. The highest BCUT2D eigenvalue weighted by Crippen LogP contribution is 2.30. The Morgan fingerprint density at radius 1 is 1.30 bits per heavy atom. The predicted octanol–water partition coefficient (Wildman–Crippen LogP) is 4.14. The molecule has 1 aromatic carbocycles. The topological polar surface area (TPSA) is 37.8 Å². The molecule has 0 saturated carbocycles. The number of aromatic nitrogens is 2. The zero-order valence-electron chi connectivity index (χ0n) is 11.6. The van der Waals surface area contributed by atoms with Gasteiger partial charge in [0.15, 0.2) is 0 Å². The van der Waals surface area contributed by atoms with E-state index in [1.54, 1.807) is 30.4 Å². The van der Waals surface area contributed by atoms with Crippen molar-refractivity contribution in [3.8, 4) is 0 Å². The van der Waals surface area contributed by atoms with Crippen LogP contribution in [-0.2, 0) is 6.54 Å². The minimum Gasteiger partial charge on any atom is -0.312 e. The molecule has 2 rings (SSSR count). The van der Waals surface area contributed by atoms with Gasteiger partial charge in [-0.25, -0.2) is 4.98 Å². The fraction of sp³-hybridized carbons (Fsp3) is 0.333. The summed E-state index contributed by atoms with van der Waals surface area (Å²) in [6.45, 7) is 6.30. The molecule has 1 N–H and O–H groups in total. The molecule has 20 heavy (non-hydrogen) atoms. The van der Waals surface area contributed by atoms with Gasteiger partial charge in [0, 0.05) is 28.3 Å². The number of nitrogens with zero attached hydrogens (tertiary/aromatic N) is 2. The second-order valence-electron chi connectivity index (χ2n) is 4.92. The highest BCUT2D eigenvalue weighted by atomic mass is 79.9. The number of rotatable bonds is 6. The quantitative estimate of drug-likeness (QED) is 0.848. The lowest BCUT2D eigenvalue weighted by Gasteiger charge is -2.12. The molecule has 0 saturated heterocycles. The first kappa shape index (κ1) is 15.5. The van der Waals surface area contributed by atoms with Gasteiger partial charge in [0.25, 0.3) is 0 Å². The second kappa shape index (κ2) is 7.76. The van der Waals surface area contributed by atoms with Gasteiger partial charge in [0.05, 0.1) is 6.20 Å². The molecule has 106 valence electrons. The number of hydrogen-bond donors (Lipinski definition) is 1. The van der Waals surface area contributed by atoms with Crippen LogP contribution in [0.2, 0.25) is 0 Å². The lowest BCUT2D eigenvalue weighted by Crippen LogP contribution is -2.19. The van der Waals surface area contributed by atoms with Crippen LogP contribution in [0.1, 0.15) is 19.4 Å². The van der Waals surface area contributed by atoms with E-state index in [4.69, 9.17) is 0 Å². The first-order valence-electron chi connectivity index (χ1n) is 6.58. The van der Waals surface area contributed by atoms with E-state index in [0.717, 1.165) is 22.6 Å². The highest BCUT2D eigenvalue weighted by molar-refractivity contribution is 9.10. The van der Waals surface area contributed by atoms with E-state index in [9.17, 15) is 0 Å². The molecule has 0 bridgehead atoms. The SMILES string of the molecule is CC(C)CNCc1cc(Br)ccc1Sc1cnccn1.